The fourth-order valence-corrected chi connectivity index (χ4v) is 2.37. The molecule has 0 aliphatic rings. The van der Waals surface area contributed by atoms with Gasteiger partial charge < -0.3 is 14.8 Å². The van der Waals surface area contributed by atoms with Crippen molar-refractivity contribution in [3.05, 3.63) is 66.4 Å². The summed E-state index contributed by atoms with van der Waals surface area (Å²) in [5.74, 6) is 6.75. The van der Waals surface area contributed by atoms with Gasteiger partial charge in [-0.25, -0.2) is 4.98 Å². The summed E-state index contributed by atoms with van der Waals surface area (Å²) >= 11 is 0. The summed E-state index contributed by atoms with van der Waals surface area (Å²) in [6.07, 6.45) is 0. The number of para-hydroxylation sites is 3. The number of nitrogens with zero attached hydrogens (tertiary/aromatic N) is 1. The first-order chi connectivity index (χ1) is 12.8. The van der Waals surface area contributed by atoms with Crippen molar-refractivity contribution in [1.29, 1.82) is 0 Å². The maximum atomic E-state index is 12.1. The van der Waals surface area contributed by atoms with Gasteiger partial charge in [0.1, 0.15) is 12.3 Å². The molecular weight excluding hydrogens is 328 g/mol. The molecule has 0 aliphatic carbocycles. The van der Waals surface area contributed by atoms with Crippen molar-refractivity contribution in [3.8, 4) is 23.3 Å². The van der Waals surface area contributed by atoms with Gasteiger partial charge in [-0.05, 0) is 24.3 Å². The number of carbonyl (C=O) groups excluding carboxylic acids is 1. The Kier molecular flexibility index (Phi) is 5.69. The minimum Gasteiger partial charge on any atom is -0.493 e. The average molecular weight is 346 g/mol. The fraction of sp³-hybridized carbons (Fsp3) is 0.143. The monoisotopic (exact) mass is 346 g/mol. The predicted octanol–water partition coefficient (Wildman–Crippen LogP) is 3.06. The third kappa shape index (κ3) is 4.31. The normalized spacial score (nSPS) is 9.88. The van der Waals surface area contributed by atoms with Crippen molar-refractivity contribution in [2.75, 3.05) is 20.3 Å². The largest absolute Gasteiger partial charge is 0.493 e. The lowest BCUT2D eigenvalue weighted by atomic mass is 10.2. The maximum Gasteiger partial charge on any atom is 0.270 e. The van der Waals surface area contributed by atoms with Crippen molar-refractivity contribution in [3.63, 3.8) is 0 Å². The number of methoxy groups -OCH3 is 1. The van der Waals surface area contributed by atoms with Crippen LogP contribution in [0.5, 0.6) is 11.5 Å². The van der Waals surface area contributed by atoms with Crippen molar-refractivity contribution in [2.24, 2.45) is 0 Å². The zero-order valence-corrected chi connectivity index (χ0v) is 14.4. The molecule has 0 unspecified atom stereocenters. The minimum atomic E-state index is -0.254. The molecule has 3 aromatic rings. The molecule has 0 saturated carbocycles. The maximum absolute atomic E-state index is 12.1. The van der Waals surface area contributed by atoms with Crippen LogP contribution in [0, 0.1) is 11.8 Å². The van der Waals surface area contributed by atoms with Crippen LogP contribution >= 0.6 is 0 Å². The quantitative estimate of drug-likeness (QED) is 0.722. The third-order valence-corrected chi connectivity index (χ3v) is 3.66. The third-order valence-electron chi connectivity index (χ3n) is 3.66. The summed E-state index contributed by atoms with van der Waals surface area (Å²) in [5, 5.41) is 3.73. The van der Waals surface area contributed by atoms with E-state index >= 15 is 0 Å². The van der Waals surface area contributed by atoms with Crippen LogP contribution in [0.15, 0.2) is 60.7 Å². The standard InChI is InChI=1S/C21H18N2O3/c1-25-19-10-4-5-11-20(19)26-15-7-6-14-22-21(24)18-13-12-16-8-2-3-9-17(16)23-18/h2-5,8-13H,14-15H2,1H3,(H,22,24). The van der Waals surface area contributed by atoms with E-state index in [1.54, 1.807) is 13.2 Å². The zero-order valence-electron chi connectivity index (χ0n) is 14.4. The summed E-state index contributed by atoms with van der Waals surface area (Å²) in [4.78, 5) is 16.5. The Morgan fingerprint density at radius 1 is 1.00 bits per heavy atom. The van der Waals surface area contributed by atoms with E-state index in [1.807, 2.05) is 54.6 Å². The van der Waals surface area contributed by atoms with Gasteiger partial charge in [0.05, 0.1) is 19.2 Å². The lowest BCUT2D eigenvalue weighted by Gasteiger charge is -2.07. The molecule has 0 atom stereocenters. The Bertz CT molecular complexity index is 973. The molecule has 0 spiro atoms. The second kappa shape index (κ2) is 8.54. The number of benzene rings is 2. The number of ether oxygens (including phenoxy) is 2. The molecule has 130 valence electrons. The van der Waals surface area contributed by atoms with Crippen molar-refractivity contribution >= 4 is 16.8 Å². The molecule has 3 rings (SSSR count). The Labute approximate surface area is 152 Å². The van der Waals surface area contributed by atoms with E-state index in [0.29, 0.717) is 17.2 Å². The molecule has 1 amide bonds. The van der Waals surface area contributed by atoms with Gasteiger partial charge in [-0.1, -0.05) is 48.2 Å². The molecule has 1 N–H and O–H groups in total. The highest BCUT2D eigenvalue weighted by Crippen LogP contribution is 2.25. The number of fused-ring (bicyclic) bond motifs is 1. The second-order valence-electron chi connectivity index (χ2n) is 5.36. The van der Waals surface area contributed by atoms with E-state index in [4.69, 9.17) is 9.47 Å². The Morgan fingerprint density at radius 3 is 2.62 bits per heavy atom. The first-order valence-electron chi connectivity index (χ1n) is 8.13. The topological polar surface area (TPSA) is 60.5 Å². The molecule has 0 saturated heterocycles. The van der Waals surface area contributed by atoms with E-state index in [2.05, 4.69) is 22.1 Å². The van der Waals surface area contributed by atoms with Gasteiger partial charge >= 0.3 is 0 Å². The number of pyridine rings is 1. The number of hydrogen-bond acceptors (Lipinski definition) is 4. The van der Waals surface area contributed by atoms with Crippen molar-refractivity contribution in [1.82, 2.24) is 10.3 Å². The van der Waals surface area contributed by atoms with Gasteiger partial charge in [0.15, 0.2) is 11.5 Å². The van der Waals surface area contributed by atoms with Gasteiger partial charge in [0.25, 0.3) is 5.91 Å². The van der Waals surface area contributed by atoms with E-state index in [0.717, 1.165) is 10.9 Å². The van der Waals surface area contributed by atoms with Crippen LogP contribution in [-0.4, -0.2) is 31.2 Å². The van der Waals surface area contributed by atoms with E-state index in [9.17, 15) is 4.79 Å². The van der Waals surface area contributed by atoms with Crippen LogP contribution in [0.3, 0.4) is 0 Å². The van der Waals surface area contributed by atoms with Gasteiger partial charge in [-0.15, -0.1) is 0 Å². The minimum absolute atomic E-state index is 0.213. The molecule has 5 heteroatoms. The van der Waals surface area contributed by atoms with Crippen LogP contribution in [0.4, 0.5) is 0 Å². The van der Waals surface area contributed by atoms with Crippen molar-refractivity contribution < 1.29 is 14.3 Å². The van der Waals surface area contributed by atoms with Gasteiger partial charge in [-0.3, -0.25) is 4.79 Å². The highest BCUT2D eigenvalue weighted by molar-refractivity contribution is 5.94. The average Bonchev–Trinajstić information content (AvgIpc) is 2.70. The lowest BCUT2D eigenvalue weighted by molar-refractivity contribution is 0.0954. The molecule has 0 bridgehead atoms. The molecule has 0 fully saturated rings. The van der Waals surface area contributed by atoms with Crippen LogP contribution in [-0.2, 0) is 0 Å². The zero-order chi connectivity index (χ0) is 18.2. The Morgan fingerprint density at radius 2 is 1.77 bits per heavy atom. The molecule has 1 aromatic heterocycles. The highest BCUT2D eigenvalue weighted by atomic mass is 16.5. The number of rotatable bonds is 5. The van der Waals surface area contributed by atoms with E-state index in [1.165, 1.54) is 0 Å². The van der Waals surface area contributed by atoms with Crippen LogP contribution < -0.4 is 14.8 Å². The first kappa shape index (κ1) is 17.3. The number of amides is 1. The molecular formula is C21H18N2O3. The number of hydrogen-bond donors (Lipinski definition) is 1. The summed E-state index contributed by atoms with van der Waals surface area (Å²) in [6, 6.07) is 18.6. The summed E-state index contributed by atoms with van der Waals surface area (Å²) in [5.41, 5.74) is 1.16. The van der Waals surface area contributed by atoms with Crippen molar-refractivity contribution in [2.45, 2.75) is 0 Å². The fourth-order valence-electron chi connectivity index (χ4n) is 2.37. The first-order valence-corrected chi connectivity index (χ1v) is 8.13. The van der Waals surface area contributed by atoms with Crippen LogP contribution in [0.25, 0.3) is 10.9 Å². The van der Waals surface area contributed by atoms with E-state index < -0.39 is 0 Å². The second-order valence-corrected chi connectivity index (χ2v) is 5.36. The Hall–Kier alpha value is -3.52. The SMILES string of the molecule is COc1ccccc1OCC#CCNC(=O)c1ccc2ccccc2n1. The van der Waals surface area contributed by atoms with E-state index in [-0.39, 0.29) is 19.1 Å². The lowest BCUT2D eigenvalue weighted by Crippen LogP contribution is -2.24. The molecule has 0 aliphatic heterocycles. The Balaban J connectivity index is 1.50. The van der Waals surface area contributed by atoms with Gasteiger partial charge in [0, 0.05) is 5.39 Å². The predicted molar refractivity (Wildman–Crippen MR) is 100 cm³/mol. The highest BCUT2D eigenvalue weighted by Gasteiger charge is 2.06. The summed E-state index contributed by atoms with van der Waals surface area (Å²) in [7, 11) is 1.59. The molecule has 2 aromatic carbocycles. The summed E-state index contributed by atoms with van der Waals surface area (Å²) < 4.78 is 10.7. The summed E-state index contributed by atoms with van der Waals surface area (Å²) in [6.45, 7) is 0.438. The molecule has 26 heavy (non-hydrogen) atoms. The van der Waals surface area contributed by atoms with Gasteiger partial charge in [-0.2, -0.15) is 0 Å². The molecule has 1 heterocycles. The number of nitrogens with one attached hydrogen (secondary N) is 1. The van der Waals surface area contributed by atoms with Crippen LogP contribution in [0.2, 0.25) is 0 Å². The van der Waals surface area contributed by atoms with Crippen LogP contribution in [0.1, 0.15) is 10.5 Å². The smallest absolute Gasteiger partial charge is 0.270 e. The molecule has 5 nitrogen and oxygen atoms in total. The number of carbonyl (C=O) groups is 1. The molecule has 0 radical (unpaired) electrons. The number of aromatic nitrogens is 1. The van der Waals surface area contributed by atoms with Gasteiger partial charge in [0.2, 0.25) is 0 Å².